The molecule has 108 valence electrons. The zero-order chi connectivity index (χ0) is 14.5. The molecule has 1 heterocycles. The van der Waals surface area contributed by atoms with Crippen molar-refractivity contribution in [3.05, 3.63) is 22.8 Å². The van der Waals surface area contributed by atoms with Crippen LogP contribution in [0, 0.1) is 0 Å². The lowest BCUT2D eigenvalue weighted by atomic mass is 10.3. The third kappa shape index (κ3) is 5.56. The van der Waals surface area contributed by atoms with Gasteiger partial charge in [-0.1, -0.05) is 11.6 Å². The first-order valence-electron chi connectivity index (χ1n) is 5.13. The third-order valence-electron chi connectivity index (χ3n) is 1.95. The van der Waals surface area contributed by atoms with Crippen LogP contribution in [0.2, 0.25) is 5.02 Å². The predicted molar refractivity (Wildman–Crippen MR) is 59.6 cm³/mol. The number of aromatic nitrogens is 1. The van der Waals surface area contributed by atoms with Crippen LogP contribution in [0.15, 0.2) is 12.3 Å². The lowest BCUT2D eigenvalue weighted by Crippen LogP contribution is -2.14. The van der Waals surface area contributed by atoms with Crippen LogP contribution in [0.1, 0.15) is 5.56 Å². The molecule has 0 saturated heterocycles. The minimum absolute atomic E-state index is 0.0373. The molecule has 19 heavy (non-hydrogen) atoms. The minimum atomic E-state index is -4.52. The normalized spacial score (nSPS) is 11.9. The van der Waals surface area contributed by atoms with Gasteiger partial charge in [-0.05, 0) is 6.07 Å². The Kier molecular flexibility index (Phi) is 5.74. The monoisotopic (exact) mass is 304 g/mol. The highest BCUT2D eigenvalue weighted by Crippen LogP contribution is 2.32. The molecule has 9 heteroatoms. The molecule has 1 aromatic rings. The van der Waals surface area contributed by atoms with Gasteiger partial charge in [0, 0.05) is 12.7 Å². The van der Waals surface area contributed by atoms with E-state index in [0.717, 1.165) is 6.07 Å². The maximum atomic E-state index is 12.3. The lowest BCUT2D eigenvalue weighted by Gasteiger charge is -2.10. The Hall–Kier alpha value is -1.15. The fraction of sp³-hybridized carbons (Fsp3) is 0.500. The summed E-state index contributed by atoms with van der Waals surface area (Å²) in [5.41, 5.74) is -0.961. The van der Waals surface area contributed by atoms with Crippen molar-refractivity contribution in [2.45, 2.75) is 12.6 Å². The number of halogens is 6. The molecule has 0 aromatic carbocycles. The van der Waals surface area contributed by atoms with E-state index in [1.54, 1.807) is 0 Å². The van der Waals surface area contributed by atoms with Crippen LogP contribution in [-0.2, 0) is 10.9 Å². The average Bonchev–Trinajstić information content (AvgIpc) is 2.28. The summed E-state index contributed by atoms with van der Waals surface area (Å²) in [7, 11) is 0. The average molecular weight is 305 g/mol. The summed E-state index contributed by atoms with van der Waals surface area (Å²) in [6, 6.07) is 0.733. The number of hydrogen-bond acceptors (Lipinski definition) is 3. The number of rotatable bonds is 6. The van der Waals surface area contributed by atoms with Crippen molar-refractivity contribution in [1.29, 1.82) is 0 Å². The highest BCUT2D eigenvalue weighted by Gasteiger charge is 2.31. The van der Waals surface area contributed by atoms with E-state index in [1.807, 2.05) is 0 Å². The number of anilines is 1. The smallest absolute Gasteiger partial charge is 0.374 e. The van der Waals surface area contributed by atoms with E-state index in [0.29, 0.717) is 6.20 Å². The van der Waals surface area contributed by atoms with Crippen molar-refractivity contribution in [2.24, 2.45) is 0 Å². The molecule has 0 spiro atoms. The minimum Gasteiger partial charge on any atom is -0.374 e. The van der Waals surface area contributed by atoms with Gasteiger partial charge in [0.1, 0.15) is 12.4 Å². The summed E-state index contributed by atoms with van der Waals surface area (Å²) in [6.07, 6.45) is -6.45. The Bertz CT molecular complexity index is 413. The van der Waals surface area contributed by atoms with Crippen LogP contribution < -0.4 is 5.32 Å². The number of nitrogens with one attached hydrogen (secondary N) is 1. The molecule has 0 bridgehead atoms. The molecule has 1 N–H and O–H groups in total. The first-order chi connectivity index (χ1) is 8.80. The van der Waals surface area contributed by atoms with E-state index in [9.17, 15) is 22.0 Å². The fourth-order valence-corrected chi connectivity index (χ4v) is 1.37. The number of ether oxygens (including phenoxy) is 1. The van der Waals surface area contributed by atoms with Gasteiger partial charge in [0.2, 0.25) is 0 Å². The van der Waals surface area contributed by atoms with E-state index in [2.05, 4.69) is 15.0 Å². The van der Waals surface area contributed by atoms with Crippen LogP contribution >= 0.6 is 11.6 Å². The maximum absolute atomic E-state index is 12.3. The topological polar surface area (TPSA) is 34.1 Å². The van der Waals surface area contributed by atoms with Crippen molar-refractivity contribution in [3.8, 4) is 0 Å². The summed E-state index contributed by atoms with van der Waals surface area (Å²) in [6.45, 7) is -0.635. The molecule has 0 amide bonds. The quantitative estimate of drug-likeness (QED) is 0.645. The van der Waals surface area contributed by atoms with Gasteiger partial charge >= 0.3 is 6.18 Å². The van der Waals surface area contributed by atoms with Crippen LogP contribution in [0.4, 0.5) is 27.8 Å². The molecule has 1 rings (SSSR count). The zero-order valence-corrected chi connectivity index (χ0v) is 10.2. The van der Waals surface area contributed by atoms with E-state index in [1.165, 1.54) is 0 Å². The SMILES string of the molecule is FC(F)COCCNc1ncc(C(F)(F)F)cc1Cl. The van der Waals surface area contributed by atoms with Crippen molar-refractivity contribution < 1.29 is 26.7 Å². The van der Waals surface area contributed by atoms with Gasteiger partial charge in [-0.2, -0.15) is 13.2 Å². The Labute approximate surface area is 110 Å². The predicted octanol–water partition coefficient (Wildman–Crippen LogP) is 3.45. The van der Waals surface area contributed by atoms with Crippen LogP contribution in [0.3, 0.4) is 0 Å². The molecule has 0 radical (unpaired) electrons. The molecule has 1 aromatic heterocycles. The molecule has 0 saturated carbocycles. The van der Waals surface area contributed by atoms with Gasteiger partial charge in [0.05, 0.1) is 17.2 Å². The standard InChI is InChI=1S/C10H10ClF5N2O/c11-7-3-6(10(14,15)16)4-18-9(7)17-1-2-19-5-8(12)13/h3-4,8H,1-2,5H2,(H,17,18). The Balaban J connectivity index is 2.47. The second kappa shape index (κ2) is 6.85. The number of pyridine rings is 1. The van der Waals surface area contributed by atoms with Crippen molar-refractivity contribution in [2.75, 3.05) is 25.1 Å². The maximum Gasteiger partial charge on any atom is 0.417 e. The van der Waals surface area contributed by atoms with Crippen molar-refractivity contribution >= 4 is 17.4 Å². The second-order valence-corrected chi connectivity index (χ2v) is 3.85. The Morgan fingerprint density at radius 1 is 1.37 bits per heavy atom. The third-order valence-corrected chi connectivity index (χ3v) is 2.24. The highest BCUT2D eigenvalue weighted by atomic mass is 35.5. The number of hydrogen-bond donors (Lipinski definition) is 1. The van der Waals surface area contributed by atoms with Gasteiger partial charge in [0.15, 0.2) is 0 Å². The molecule has 0 fully saturated rings. The first-order valence-corrected chi connectivity index (χ1v) is 5.51. The highest BCUT2D eigenvalue weighted by molar-refractivity contribution is 6.32. The number of nitrogens with zero attached hydrogens (tertiary/aromatic N) is 1. The summed E-state index contributed by atoms with van der Waals surface area (Å²) in [5, 5.41) is 2.38. The largest absolute Gasteiger partial charge is 0.417 e. The molecule has 0 aliphatic carbocycles. The first kappa shape index (κ1) is 15.9. The Morgan fingerprint density at radius 3 is 2.58 bits per heavy atom. The molecule has 0 aliphatic heterocycles. The van der Waals surface area contributed by atoms with Gasteiger partial charge in [-0.15, -0.1) is 0 Å². The van der Waals surface area contributed by atoms with E-state index in [4.69, 9.17) is 11.6 Å². The fourth-order valence-electron chi connectivity index (χ4n) is 1.14. The zero-order valence-electron chi connectivity index (χ0n) is 9.48. The summed E-state index contributed by atoms with van der Waals surface area (Å²) in [5.74, 6) is 0.0373. The van der Waals surface area contributed by atoms with Gasteiger partial charge in [0.25, 0.3) is 6.43 Å². The Morgan fingerprint density at radius 2 is 2.05 bits per heavy atom. The van der Waals surface area contributed by atoms with Gasteiger partial charge in [-0.25, -0.2) is 13.8 Å². The van der Waals surface area contributed by atoms with Crippen molar-refractivity contribution in [3.63, 3.8) is 0 Å². The second-order valence-electron chi connectivity index (χ2n) is 3.44. The summed E-state index contributed by atoms with van der Waals surface area (Å²) >= 11 is 5.61. The molecule has 0 aliphatic rings. The molecule has 0 unspecified atom stereocenters. The van der Waals surface area contributed by atoms with Crippen LogP contribution in [0.5, 0.6) is 0 Å². The van der Waals surface area contributed by atoms with Crippen LogP contribution in [-0.4, -0.2) is 31.2 Å². The van der Waals surface area contributed by atoms with Crippen LogP contribution in [0.25, 0.3) is 0 Å². The molecule has 0 atom stereocenters. The summed E-state index contributed by atoms with van der Waals surface area (Å²) < 4.78 is 65.0. The van der Waals surface area contributed by atoms with E-state index >= 15 is 0 Å². The van der Waals surface area contributed by atoms with E-state index in [-0.39, 0.29) is 24.0 Å². The van der Waals surface area contributed by atoms with E-state index < -0.39 is 24.8 Å². The molecular formula is C10H10ClF5N2O. The lowest BCUT2D eigenvalue weighted by molar-refractivity contribution is -0.137. The number of alkyl halides is 5. The molecule has 3 nitrogen and oxygen atoms in total. The molecular weight excluding hydrogens is 295 g/mol. The van der Waals surface area contributed by atoms with Gasteiger partial charge in [-0.3, -0.25) is 0 Å². The van der Waals surface area contributed by atoms with Gasteiger partial charge < -0.3 is 10.1 Å². The van der Waals surface area contributed by atoms with Crippen molar-refractivity contribution in [1.82, 2.24) is 4.98 Å². The summed E-state index contributed by atoms with van der Waals surface area (Å²) in [4.78, 5) is 3.51.